The van der Waals surface area contributed by atoms with Gasteiger partial charge in [-0.1, -0.05) is 31.2 Å². The highest BCUT2D eigenvalue weighted by Gasteiger charge is 2.23. The minimum absolute atomic E-state index is 0. The zero-order chi connectivity index (χ0) is 19.1. The van der Waals surface area contributed by atoms with Gasteiger partial charge < -0.3 is 20.7 Å². The van der Waals surface area contributed by atoms with Gasteiger partial charge in [-0.25, -0.2) is 0 Å². The summed E-state index contributed by atoms with van der Waals surface area (Å²) in [7, 11) is 0. The highest BCUT2D eigenvalue weighted by atomic mass is 35.5. The van der Waals surface area contributed by atoms with Gasteiger partial charge in [0, 0.05) is 30.1 Å². The van der Waals surface area contributed by atoms with Crippen LogP contribution in [0.5, 0.6) is 0 Å². The molecule has 28 heavy (non-hydrogen) atoms. The molecule has 1 aliphatic heterocycles. The fourth-order valence-electron chi connectivity index (χ4n) is 3.00. The van der Waals surface area contributed by atoms with Crippen LogP contribution in [0.2, 0.25) is 0 Å². The molecule has 0 spiro atoms. The number of hydrogen-bond acceptors (Lipinski definition) is 4. The van der Waals surface area contributed by atoms with Crippen molar-refractivity contribution in [3.63, 3.8) is 0 Å². The SMILES string of the molecule is CCNCc1ccccc1NC(=O)c1cccc(NC(=O)C2CCCO2)c1.Cl. The lowest BCUT2D eigenvalue weighted by Gasteiger charge is -2.13. The summed E-state index contributed by atoms with van der Waals surface area (Å²) in [5.41, 5.74) is 2.87. The highest BCUT2D eigenvalue weighted by Crippen LogP contribution is 2.19. The van der Waals surface area contributed by atoms with Crippen LogP contribution in [0.3, 0.4) is 0 Å². The van der Waals surface area contributed by atoms with E-state index in [-0.39, 0.29) is 24.2 Å². The average molecular weight is 404 g/mol. The van der Waals surface area contributed by atoms with E-state index in [2.05, 4.69) is 16.0 Å². The van der Waals surface area contributed by atoms with E-state index in [0.29, 0.717) is 24.4 Å². The summed E-state index contributed by atoms with van der Waals surface area (Å²) in [6.07, 6.45) is 1.22. The van der Waals surface area contributed by atoms with Gasteiger partial charge in [-0.2, -0.15) is 0 Å². The molecule has 2 aromatic rings. The van der Waals surface area contributed by atoms with Gasteiger partial charge in [-0.05, 0) is 49.2 Å². The van der Waals surface area contributed by atoms with Crippen molar-refractivity contribution >= 4 is 35.6 Å². The number of carbonyl (C=O) groups is 2. The molecule has 150 valence electrons. The largest absolute Gasteiger partial charge is 0.368 e. The Balaban J connectivity index is 0.00000280. The van der Waals surface area contributed by atoms with E-state index < -0.39 is 6.10 Å². The Kier molecular flexibility index (Phi) is 8.44. The molecule has 2 amide bonds. The van der Waals surface area contributed by atoms with E-state index in [0.717, 1.165) is 30.6 Å². The average Bonchev–Trinajstić information content (AvgIpc) is 3.22. The van der Waals surface area contributed by atoms with Crippen molar-refractivity contribution in [1.82, 2.24) is 5.32 Å². The lowest BCUT2D eigenvalue weighted by Crippen LogP contribution is -2.27. The number of hydrogen-bond donors (Lipinski definition) is 3. The predicted octanol–water partition coefficient (Wildman–Crippen LogP) is 3.59. The summed E-state index contributed by atoms with van der Waals surface area (Å²) < 4.78 is 5.39. The predicted molar refractivity (Wildman–Crippen MR) is 113 cm³/mol. The molecule has 1 aliphatic rings. The van der Waals surface area contributed by atoms with Gasteiger partial charge in [0.25, 0.3) is 11.8 Å². The number of benzene rings is 2. The first-order valence-electron chi connectivity index (χ1n) is 9.30. The molecule has 1 atom stereocenters. The van der Waals surface area contributed by atoms with E-state index in [4.69, 9.17) is 4.74 Å². The minimum atomic E-state index is -0.402. The van der Waals surface area contributed by atoms with E-state index in [1.54, 1.807) is 24.3 Å². The summed E-state index contributed by atoms with van der Waals surface area (Å²) in [5, 5.41) is 9.05. The molecule has 2 aromatic carbocycles. The number of amides is 2. The lowest BCUT2D eigenvalue weighted by molar-refractivity contribution is -0.124. The fraction of sp³-hybridized carbons (Fsp3) is 0.333. The number of para-hydroxylation sites is 1. The molecule has 0 radical (unpaired) electrons. The van der Waals surface area contributed by atoms with Crippen LogP contribution < -0.4 is 16.0 Å². The Morgan fingerprint density at radius 1 is 1.11 bits per heavy atom. The number of ether oxygens (including phenoxy) is 1. The molecule has 3 rings (SSSR count). The van der Waals surface area contributed by atoms with E-state index >= 15 is 0 Å². The first-order chi connectivity index (χ1) is 13.2. The van der Waals surface area contributed by atoms with Crippen molar-refractivity contribution in [2.24, 2.45) is 0 Å². The summed E-state index contributed by atoms with van der Waals surface area (Å²) in [6.45, 7) is 4.20. The number of anilines is 2. The van der Waals surface area contributed by atoms with Crippen LogP contribution in [0.15, 0.2) is 48.5 Å². The summed E-state index contributed by atoms with van der Waals surface area (Å²) in [5.74, 6) is -0.381. The molecule has 0 aromatic heterocycles. The Morgan fingerprint density at radius 2 is 1.93 bits per heavy atom. The molecule has 0 bridgehead atoms. The Bertz CT molecular complexity index is 807. The highest BCUT2D eigenvalue weighted by molar-refractivity contribution is 6.05. The summed E-state index contributed by atoms with van der Waals surface area (Å²) in [6, 6.07) is 14.6. The van der Waals surface area contributed by atoms with E-state index in [1.165, 1.54) is 0 Å². The van der Waals surface area contributed by atoms with Crippen molar-refractivity contribution in [2.75, 3.05) is 23.8 Å². The van der Waals surface area contributed by atoms with Crippen molar-refractivity contribution in [3.05, 3.63) is 59.7 Å². The van der Waals surface area contributed by atoms with Gasteiger partial charge in [0.15, 0.2) is 0 Å². The second-order valence-corrected chi connectivity index (χ2v) is 6.46. The Labute approximate surface area is 171 Å². The van der Waals surface area contributed by atoms with Crippen molar-refractivity contribution < 1.29 is 14.3 Å². The van der Waals surface area contributed by atoms with Crippen LogP contribution in [-0.2, 0) is 16.1 Å². The van der Waals surface area contributed by atoms with Crippen molar-refractivity contribution in [1.29, 1.82) is 0 Å². The number of rotatable bonds is 7. The topological polar surface area (TPSA) is 79.5 Å². The van der Waals surface area contributed by atoms with Crippen LogP contribution in [0, 0.1) is 0 Å². The zero-order valence-corrected chi connectivity index (χ0v) is 16.7. The maximum absolute atomic E-state index is 12.7. The molecule has 6 nitrogen and oxygen atoms in total. The van der Waals surface area contributed by atoms with E-state index in [1.807, 2.05) is 31.2 Å². The smallest absolute Gasteiger partial charge is 0.255 e. The van der Waals surface area contributed by atoms with Crippen LogP contribution in [0.25, 0.3) is 0 Å². The van der Waals surface area contributed by atoms with Gasteiger partial charge >= 0.3 is 0 Å². The maximum Gasteiger partial charge on any atom is 0.255 e. The second-order valence-electron chi connectivity index (χ2n) is 6.46. The quantitative estimate of drug-likeness (QED) is 0.660. The molecule has 0 saturated carbocycles. The fourth-order valence-corrected chi connectivity index (χ4v) is 3.00. The van der Waals surface area contributed by atoms with Gasteiger partial charge in [0.05, 0.1) is 0 Å². The summed E-state index contributed by atoms with van der Waals surface area (Å²) in [4.78, 5) is 24.9. The third-order valence-corrected chi connectivity index (χ3v) is 4.45. The third-order valence-electron chi connectivity index (χ3n) is 4.45. The Morgan fingerprint density at radius 3 is 2.68 bits per heavy atom. The molecule has 1 unspecified atom stereocenters. The zero-order valence-electron chi connectivity index (χ0n) is 15.9. The molecular weight excluding hydrogens is 378 g/mol. The molecule has 7 heteroatoms. The normalized spacial score (nSPS) is 15.5. The molecule has 1 saturated heterocycles. The van der Waals surface area contributed by atoms with E-state index in [9.17, 15) is 9.59 Å². The molecular formula is C21H26ClN3O3. The standard InChI is InChI=1S/C21H25N3O3.ClH/c1-2-22-14-16-7-3-4-10-18(16)24-20(25)15-8-5-9-17(13-15)23-21(26)19-11-6-12-27-19;/h3-5,7-10,13,19,22H,2,6,11-12,14H2,1H3,(H,23,26)(H,24,25);1H. The summed E-state index contributed by atoms with van der Waals surface area (Å²) >= 11 is 0. The molecule has 0 aliphatic carbocycles. The number of halogens is 1. The van der Waals surface area contributed by atoms with Crippen LogP contribution >= 0.6 is 12.4 Å². The molecule has 1 heterocycles. The number of nitrogens with one attached hydrogen (secondary N) is 3. The van der Waals surface area contributed by atoms with Crippen molar-refractivity contribution in [2.45, 2.75) is 32.4 Å². The van der Waals surface area contributed by atoms with Gasteiger partial charge in [0.1, 0.15) is 6.10 Å². The minimum Gasteiger partial charge on any atom is -0.368 e. The first-order valence-corrected chi connectivity index (χ1v) is 9.30. The monoisotopic (exact) mass is 403 g/mol. The van der Waals surface area contributed by atoms with Gasteiger partial charge in [-0.3, -0.25) is 9.59 Å². The third kappa shape index (κ3) is 5.79. The lowest BCUT2D eigenvalue weighted by atomic mass is 10.1. The van der Waals surface area contributed by atoms with Gasteiger partial charge in [-0.15, -0.1) is 12.4 Å². The molecule has 3 N–H and O–H groups in total. The van der Waals surface area contributed by atoms with Crippen molar-refractivity contribution in [3.8, 4) is 0 Å². The first kappa shape index (κ1) is 21.9. The van der Waals surface area contributed by atoms with Crippen LogP contribution in [-0.4, -0.2) is 31.1 Å². The number of carbonyl (C=O) groups excluding carboxylic acids is 2. The second kappa shape index (κ2) is 10.8. The van der Waals surface area contributed by atoms with Crippen LogP contribution in [0.1, 0.15) is 35.7 Å². The van der Waals surface area contributed by atoms with Gasteiger partial charge in [0.2, 0.25) is 0 Å². The van der Waals surface area contributed by atoms with Crippen LogP contribution in [0.4, 0.5) is 11.4 Å². The Hall–Kier alpha value is -2.41. The molecule has 1 fully saturated rings. The maximum atomic E-state index is 12.7.